The first-order chi connectivity index (χ1) is 6.84. The summed E-state index contributed by atoms with van der Waals surface area (Å²) in [6.45, 7) is 0. The zero-order chi connectivity index (χ0) is 9.80. The predicted octanol–water partition coefficient (Wildman–Crippen LogP) is 2.49. The first-order valence-corrected chi connectivity index (χ1v) is 6.29. The highest BCUT2D eigenvalue weighted by molar-refractivity contribution is 4.80. The molecule has 1 heterocycles. The molecule has 0 aromatic heterocycles. The van der Waals surface area contributed by atoms with E-state index in [1.54, 1.807) is 0 Å². The Morgan fingerprint density at radius 3 is 2.43 bits per heavy atom. The van der Waals surface area contributed by atoms with Gasteiger partial charge in [-0.3, -0.25) is 5.32 Å². The fourth-order valence-electron chi connectivity index (χ4n) is 3.01. The topological polar surface area (TPSA) is 34.3 Å². The first-order valence-electron chi connectivity index (χ1n) is 6.29. The molecule has 0 aromatic carbocycles. The second kappa shape index (κ2) is 5.13. The summed E-state index contributed by atoms with van der Waals surface area (Å²) in [6, 6.07) is 0.599. The van der Waals surface area contributed by atoms with Crippen LogP contribution in [0.5, 0.6) is 0 Å². The number of hydrogen-bond acceptors (Lipinski definition) is 1. The molecule has 2 aliphatic rings. The lowest BCUT2D eigenvalue weighted by Gasteiger charge is -2.31. The Labute approximate surface area is 87.6 Å². The van der Waals surface area contributed by atoms with Gasteiger partial charge in [0.25, 0.3) is 0 Å². The van der Waals surface area contributed by atoms with Crippen molar-refractivity contribution in [3.63, 3.8) is 0 Å². The van der Waals surface area contributed by atoms with E-state index in [0.717, 1.165) is 12.3 Å². The van der Waals surface area contributed by atoms with Gasteiger partial charge in [-0.1, -0.05) is 32.1 Å². The van der Waals surface area contributed by atoms with Gasteiger partial charge >= 0.3 is 0 Å². The molecule has 2 nitrogen and oxygen atoms in total. The standard InChI is InChI=1S/C12H22N2/c13-12-8-4-7-11(14-12)9-10-5-2-1-3-6-10/h10-12,14H,1-9H2. The van der Waals surface area contributed by atoms with Crippen LogP contribution in [0.2, 0.25) is 0 Å². The number of hydrogen-bond donors (Lipinski definition) is 1. The molecule has 1 aliphatic carbocycles. The van der Waals surface area contributed by atoms with E-state index < -0.39 is 0 Å². The quantitative estimate of drug-likeness (QED) is 0.720. The maximum absolute atomic E-state index is 9.50. The van der Waals surface area contributed by atoms with Crippen molar-refractivity contribution in [1.29, 1.82) is 0 Å². The van der Waals surface area contributed by atoms with Crippen LogP contribution in [-0.2, 0) is 0 Å². The van der Waals surface area contributed by atoms with Crippen molar-refractivity contribution < 1.29 is 0 Å². The molecule has 1 N–H and O–H groups in total. The Bertz CT molecular complexity index is 164. The van der Waals surface area contributed by atoms with Crippen molar-refractivity contribution >= 4 is 0 Å². The molecule has 0 spiro atoms. The van der Waals surface area contributed by atoms with Gasteiger partial charge in [0.05, 0.1) is 6.17 Å². The summed E-state index contributed by atoms with van der Waals surface area (Å²) in [5.74, 6) is 0.937. The van der Waals surface area contributed by atoms with Crippen LogP contribution in [0.1, 0.15) is 57.8 Å². The van der Waals surface area contributed by atoms with Gasteiger partial charge in [0.2, 0.25) is 0 Å². The fraction of sp³-hybridized carbons (Fsp3) is 1.00. The van der Waals surface area contributed by atoms with Crippen LogP contribution in [0.15, 0.2) is 0 Å². The largest absolute Gasteiger partial charge is 0.297 e. The molecule has 1 saturated heterocycles. The molecule has 80 valence electrons. The van der Waals surface area contributed by atoms with Crippen LogP contribution >= 0.6 is 0 Å². The van der Waals surface area contributed by atoms with Crippen molar-refractivity contribution in [2.24, 2.45) is 5.92 Å². The summed E-state index contributed by atoms with van der Waals surface area (Å²) < 4.78 is 0. The smallest absolute Gasteiger partial charge is 0.0928 e. The number of nitrogens with one attached hydrogen (secondary N) is 1. The van der Waals surface area contributed by atoms with Crippen LogP contribution in [0.3, 0.4) is 0 Å². The second-order valence-electron chi connectivity index (χ2n) is 5.05. The summed E-state index contributed by atoms with van der Waals surface area (Å²) in [5.41, 5.74) is 9.50. The Morgan fingerprint density at radius 2 is 1.71 bits per heavy atom. The Kier molecular flexibility index (Phi) is 3.82. The third-order valence-electron chi connectivity index (χ3n) is 3.80. The van der Waals surface area contributed by atoms with Gasteiger partial charge in [0.15, 0.2) is 0 Å². The molecule has 0 amide bonds. The summed E-state index contributed by atoms with van der Waals surface area (Å²) in [5, 5.41) is 3.32. The second-order valence-corrected chi connectivity index (χ2v) is 5.05. The zero-order valence-corrected chi connectivity index (χ0v) is 9.04. The maximum atomic E-state index is 9.50. The van der Waals surface area contributed by atoms with Crippen molar-refractivity contribution in [3.8, 4) is 0 Å². The lowest BCUT2D eigenvalue weighted by atomic mass is 9.83. The van der Waals surface area contributed by atoms with Crippen molar-refractivity contribution in [1.82, 2.24) is 11.1 Å². The van der Waals surface area contributed by atoms with E-state index in [0.29, 0.717) is 6.04 Å². The van der Waals surface area contributed by atoms with E-state index in [1.165, 1.54) is 51.4 Å². The monoisotopic (exact) mass is 194 g/mol. The molecule has 1 aliphatic heterocycles. The molecule has 1 saturated carbocycles. The summed E-state index contributed by atoms with van der Waals surface area (Å²) in [7, 11) is 0. The number of nitrogens with zero attached hydrogens (tertiary/aromatic N) is 1. The first kappa shape index (κ1) is 10.4. The SMILES string of the molecule is [N]C1CCCC(CC2CCCCC2)N1. The molecular formula is C12H22N2. The highest BCUT2D eigenvalue weighted by Gasteiger charge is 2.23. The number of piperidine rings is 1. The molecule has 0 bridgehead atoms. The van der Waals surface area contributed by atoms with Gasteiger partial charge in [-0.25, -0.2) is 0 Å². The van der Waals surface area contributed by atoms with E-state index in [9.17, 15) is 5.73 Å². The highest BCUT2D eigenvalue weighted by Crippen LogP contribution is 2.29. The van der Waals surface area contributed by atoms with Crippen LogP contribution in [0.25, 0.3) is 0 Å². The van der Waals surface area contributed by atoms with Gasteiger partial charge in [-0.05, 0) is 31.6 Å². The Morgan fingerprint density at radius 1 is 0.929 bits per heavy atom. The predicted molar refractivity (Wildman–Crippen MR) is 57.9 cm³/mol. The third kappa shape index (κ3) is 2.96. The van der Waals surface area contributed by atoms with Gasteiger partial charge in [-0.15, -0.1) is 5.73 Å². The van der Waals surface area contributed by atoms with Gasteiger partial charge in [0, 0.05) is 6.04 Å². The maximum Gasteiger partial charge on any atom is 0.0928 e. The summed E-state index contributed by atoms with van der Waals surface area (Å²) in [4.78, 5) is 0. The lowest BCUT2D eigenvalue weighted by Crippen LogP contribution is -2.44. The Hall–Kier alpha value is -0.0800. The third-order valence-corrected chi connectivity index (χ3v) is 3.80. The lowest BCUT2D eigenvalue weighted by molar-refractivity contribution is 0.243. The molecular weight excluding hydrogens is 172 g/mol. The zero-order valence-electron chi connectivity index (χ0n) is 9.04. The van der Waals surface area contributed by atoms with Crippen molar-refractivity contribution in [2.45, 2.75) is 70.0 Å². The van der Waals surface area contributed by atoms with Crippen LogP contribution < -0.4 is 11.1 Å². The van der Waals surface area contributed by atoms with E-state index >= 15 is 0 Å². The van der Waals surface area contributed by atoms with Gasteiger partial charge in [-0.2, -0.15) is 0 Å². The van der Waals surface area contributed by atoms with Crippen molar-refractivity contribution in [2.75, 3.05) is 0 Å². The Balaban J connectivity index is 1.72. The average molecular weight is 194 g/mol. The van der Waals surface area contributed by atoms with Crippen LogP contribution in [0, 0.1) is 5.92 Å². The minimum atomic E-state index is -0.225. The molecule has 2 unspecified atom stereocenters. The summed E-state index contributed by atoms with van der Waals surface area (Å²) >= 11 is 0. The van der Waals surface area contributed by atoms with E-state index in [2.05, 4.69) is 5.32 Å². The van der Waals surface area contributed by atoms with Crippen molar-refractivity contribution in [3.05, 3.63) is 0 Å². The minimum Gasteiger partial charge on any atom is -0.297 e. The van der Waals surface area contributed by atoms with Gasteiger partial charge in [0.1, 0.15) is 0 Å². The normalized spacial score (nSPS) is 35.8. The molecule has 0 aromatic rings. The van der Waals surface area contributed by atoms with Gasteiger partial charge < -0.3 is 0 Å². The van der Waals surface area contributed by atoms with E-state index in [4.69, 9.17) is 0 Å². The average Bonchev–Trinajstić information content (AvgIpc) is 2.19. The molecule has 14 heavy (non-hydrogen) atoms. The molecule has 2 fully saturated rings. The van der Waals surface area contributed by atoms with Crippen LogP contribution in [0.4, 0.5) is 0 Å². The fourth-order valence-corrected chi connectivity index (χ4v) is 3.01. The van der Waals surface area contributed by atoms with Crippen LogP contribution in [-0.4, -0.2) is 12.2 Å². The number of rotatable bonds is 2. The highest BCUT2D eigenvalue weighted by atomic mass is 15.1. The molecule has 2 heteroatoms. The minimum absolute atomic E-state index is 0.225. The van der Waals surface area contributed by atoms with E-state index in [1.807, 2.05) is 0 Å². The van der Waals surface area contributed by atoms with E-state index in [-0.39, 0.29) is 6.17 Å². The molecule has 2 radical (unpaired) electrons. The molecule has 2 rings (SSSR count). The molecule has 2 atom stereocenters. The summed E-state index contributed by atoms with van der Waals surface area (Å²) in [6.07, 6.45) is 11.6.